The first-order valence-electron chi connectivity index (χ1n) is 12.4. The summed E-state index contributed by atoms with van der Waals surface area (Å²) in [5.74, 6) is -1.82. The molecule has 1 fully saturated rings. The van der Waals surface area contributed by atoms with Crippen LogP contribution in [0.1, 0.15) is 63.5 Å². The minimum atomic E-state index is -1.17. The van der Waals surface area contributed by atoms with E-state index in [0.29, 0.717) is 32.2 Å². The molecule has 2 aliphatic rings. The van der Waals surface area contributed by atoms with Crippen LogP contribution in [-0.4, -0.2) is 52.7 Å². The molecule has 1 saturated heterocycles. The number of aliphatic carboxylic acids is 1. The number of hydrogen-bond donors (Lipinski definition) is 2. The number of rotatable bonds is 7. The van der Waals surface area contributed by atoms with E-state index in [1.165, 1.54) is 0 Å². The van der Waals surface area contributed by atoms with Gasteiger partial charge in [-0.05, 0) is 55.4 Å². The first-order valence-corrected chi connectivity index (χ1v) is 12.4. The second-order valence-electron chi connectivity index (χ2n) is 9.86. The van der Waals surface area contributed by atoms with Gasteiger partial charge in [-0.2, -0.15) is 0 Å². The number of carbonyl (C=O) groups is 3. The summed E-state index contributed by atoms with van der Waals surface area (Å²) < 4.78 is 5.69. The molecule has 1 heterocycles. The number of benzene rings is 2. The molecule has 2 aromatic rings. The molecule has 1 aliphatic heterocycles. The number of carbonyl (C=O) groups excluding carboxylic acids is 2. The molecule has 35 heavy (non-hydrogen) atoms. The molecule has 1 aliphatic carbocycles. The summed E-state index contributed by atoms with van der Waals surface area (Å²) in [4.78, 5) is 39.8. The Hall–Kier alpha value is -3.35. The third-order valence-corrected chi connectivity index (χ3v) is 7.51. The third kappa shape index (κ3) is 4.77. The Labute approximate surface area is 206 Å². The second kappa shape index (κ2) is 10.1. The molecular formula is C28H34N2O5. The Morgan fingerprint density at radius 1 is 1.09 bits per heavy atom. The topological polar surface area (TPSA) is 95.9 Å². The molecule has 0 bridgehead atoms. The average Bonchev–Trinajstić information content (AvgIpc) is 3.16. The van der Waals surface area contributed by atoms with E-state index in [1.54, 1.807) is 18.7 Å². The summed E-state index contributed by atoms with van der Waals surface area (Å²) in [6.45, 7) is 6.07. The summed E-state index contributed by atoms with van der Waals surface area (Å²) >= 11 is 0. The Morgan fingerprint density at radius 2 is 1.69 bits per heavy atom. The number of hydrogen-bond acceptors (Lipinski definition) is 4. The molecule has 0 spiro atoms. The molecule has 7 heteroatoms. The van der Waals surface area contributed by atoms with Crippen molar-refractivity contribution in [2.45, 2.75) is 64.0 Å². The van der Waals surface area contributed by atoms with E-state index in [2.05, 4.69) is 29.6 Å². The number of likely N-dealkylation sites (tertiary alicyclic amines) is 1. The van der Waals surface area contributed by atoms with Crippen LogP contribution in [0.2, 0.25) is 0 Å². The van der Waals surface area contributed by atoms with Crippen LogP contribution in [0.25, 0.3) is 11.1 Å². The van der Waals surface area contributed by atoms with Gasteiger partial charge in [0, 0.05) is 18.5 Å². The zero-order valence-electron chi connectivity index (χ0n) is 20.6. The van der Waals surface area contributed by atoms with Crippen molar-refractivity contribution in [1.29, 1.82) is 0 Å². The fourth-order valence-corrected chi connectivity index (χ4v) is 5.66. The minimum Gasteiger partial charge on any atom is -0.481 e. The summed E-state index contributed by atoms with van der Waals surface area (Å²) in [5, 5.41) is 12.4. The van der Waals surface area contributed by atoms with Gasteiger partial charge in [-0.3, -0.25) is 9.59 Å². The lowest BCUT2D eigenvalue weighted by Gasteiger charge is -2.42. The van der Waals surface area contributed by atoms with Gasteiger partial charge in [0.05, 0.1) is 5.92 Å². The van der Waals surface area contributed by atoms with Crippen LogP contribution in [0.4, 0.5) is 4.79 Å². The third-order valence-electron chi connectivity index (χ3n) is 7.51. The van der Waals surface area contributed by atoms with Crippen LogP contribution in [0.5, 0.6) is 0 Å². The maximum Gasteiger partial charge on any atom is 0.408 e. The lowest BCUT2D eigenvalue weighted by atomic mass is 9.87. The van der Waals surface area contributed by atoms with E-state index < -0.39 is 29.6 Å². The molecule has 1 unspecified atom stereocenters. The molecule has 186 valence electrons. The predicted molar refractivity (Wildman–Crippen MR) is 133 cm³/mol. The van der Waals surface area contributed by atoms with Crippen LogP contribution in [0.15, 0.2) is 48.5 Å². The van der Waals surface area contributed by atoms with Crippen molar-refractivity contribution in [3.05, 3.63) is 59.7 Å². The van der Waals surface area contributed by atoms with E-state index in [1.807, 2.05) is 31.2 Å². The van der Waals surface area contributed by atoms with E-state index in [0.717, 1.165) is 22.3 Å². The normalized spacial score (nSPS) is 20.9. The van der Waals surface area contributed by atoms with Crippen molar-refractivity contribution < 1.29 is 24.2 Å². The maximum absolute atomic E-state index is 13.6. The Bertz CT molecular complexity index is 1070. The van der Waals surface area contributed by atoms with Gasteiger partial charge in [-0.1, -0.05) is 61.9 Å². The molecule has 7 nitrogen and oxygen atoms in total. The highest BCUT2D eigenvalue weighted by atomic mass is 16.5. The van der Waals surface area contributed by atoms with Crippen LogP contribution in [0, 0.1) is 5.92 Å². The lowest BCUT2D eigenvalue weighted by Crippen LogP contribution is -2.62. The van der Waals surface area contributed by atoms with Crippen molar-refractivity contribution in [3.8, 4) is 11.1 Å². The monoisotopic (exact) mass is 478 g/mol. The summed E-state index contributed by atoms with van der Waals surface area (Å²) in [6, 6.07) is 15.8. The number of ether oxygens (including phenoxy) is 1. The van der Waals surface area contributed by atoms with Crippen LogP contribution in [-0.2, 0) is 14.3 Å². The molecule has 0 radical (unpaired) electrons. The first kappa shape index (κ1) is 24.8. The van der Waals surface area contributed by atoms with E-state index >= 15 is 0 Å². The van der Waals surface area contributed by atoms with Gasteiger partial charge in [-0.15, -0.1) is 0 Å². The number of carboxylic acids is 1. The number of fused-ring (bicyclic) bond motifs is 3. The Balaban J connectivity index is 1.47. The van der Waals surface area contributed by atoms with Gasteiger partial charge in [0.1, 0.15) is 12.1 Å². The maximum atomic E-state index is 13.6. The molecule has 4 rings (SSSR count). The van der Waals surface area contributed by atoms with Crippen LogP contribution < -0.4 is 5.32 Å². The number of alkyl carbamates (subject to hydrolysis) is 1. The quantitative estimate of drug-likeness (QED) is 0.596. The predicted octanol–water partition coefficient (Wildman–Crippen LogP) is 4.80. The fourth-order valence-electron chi connectivity index (χ4n) is 5.66. The number of carboxylic acid groups (broad SMARTS) is 1. The van der Waals surface area contributed by atoms with E-state index in [9.17, 15) is 19.5 Å². The summed E-state index contributed by atoms with van der Waals surface area (Å²) in [6.07, 6.45) is 1.63. The number of nitrogens with zero attached hydrogens (tertiary/aromatic N) is 1. The van der Waals surface area contributed by atoms with Crippen LogP contribution in [0.3, 0.4) is 0 Å². The van der Waals surface area contributed by atoms with Crippen molar-refractivity contribution in [2.24, 2.45) is 5.92 Å². The van der Waals surface area contributed by atoms with Crippen molar-refractivity contribution >= 4 is 18.0 Å². The fraction of sp³-hybridized carbons (Fsp3) is 0.464. The van der Waals surface area contributed by atoms with Crippen LogP contribution >= 0.6 is 0 Å². The second-order valence-corrected chi connectivity index (χ2v) is 9.86. The highest BCUT2D eigenvalue weighted by Crippen LogP contribution is 2.44. The molecule has 3 atom stereocenters. The lowest BCUT2D eigenvalue weighted by molar-refractivity contribution is -0.151. The minimum absolute atomic E-state index is 0.0697. The van der Waals surface area contributed by atoms with Gasteiger partial charge < -0.3 is 20.1 Å². The van der Waals surface area contributed by atoms with Gasteiger partial charge in [0.2, 0.25) is 5.91 Å². The summed E-state index contributed by atoms with van der Waals surface area (Å²) in [5.41, 5.74) is 3.36. The van der Waals surface area contributed by atoms with Crippen molar-refractivity contribution in [1.82, 2.24) is 10.2 Å². The molecular weight excluding hydrogens is 444 g/mol. The summed E-state index contributed by atoms with van der Waals surface area (Å²) in [7, 11) is 0. The standard InChI is InChI=1S/C28H34N2O5/c1-4-15-28(3,26(33)30-16-9-14-19(18(30)2)25(31)32)29-27(34)35-17-24-22-12-7-5-10-20(22)21-11-6-8-13-23(21)24/h5-8,10-13,18-19,24H,4,9,14-17H2,1-3H3,(H,29,34)(H,31,32)/t18-,19-,28?/m1/s1. The Kier molecular flexibility index (Phi) is 7.15. The van der Waals surface area contributed by atoms with Gasteiger partial charge in [0.15, 0.2) is 0 Å². The molecule has 2 N–H and O–H groups in total. The molecule has 2 amide bonds. The zero-order valence-corrected chi connectivity index (χ0v) is 20.6. The number of amides is 2. The molecule has 2 aromatic carbocycles. The van der Waals surface area contributed by atoms with Gasteiger partial charge >= 0.3 is 12.1 Å². The van der Waals surface area contributed by atoms with Gasteiger partial charge in [-0.25, -0.2) is 4.79 Å². The van der Waals surface area contributed by atoms with E-state index in [4.69, 9.17) is 4.74 Å². The van der Waals surface area contributed by atoms with Crippen molar-refractivity contribution in [3.63, 3.8) is 0 Å². The van der Waals surface area contributed by atoms with E-state index in [-0.39, 0.29) is 18.4 Å². The number of piperidine rings is 1. The average molecular weight is 479 g/mol. The highest BCUT2D eigenvalue weighted by Gasteiger charge is 2.43. The SMILES string of the molecule is CCCC(C)(NC(=O)OCC1c2ccccc2-c2ccccc21)C(=O)N1CCC[C@@H](C(=O)O)[C@H]1C. The zero-order chi connectivity index (χ0) is 25.2. The first-order chi connectivity index (χ1) is 16.8. The number of nitrogens with one attached hydrogen (secondary N) is 1. The van der Waals surface area contributed by atoms with Crippen molar-refractivity contribution in [2.75, 3.05) is 13.2 Å². The smallest absolute Gasteiger partial charge is 0.408 e. The van der Waals surface area contributed by atoms with Gasteiger partial charge in [0.25, 0.3) is 0 Å². The highest BCUT2D eigenvalue weighted by molar-refractivity contribution is 5.90. The molecule has 0 saturated carbocycles. The largest absolute Gasteiger partial charge is 0.481 e. The molecule has 0 aromatic heterocycles. The Morgan fingerprint density at radius 3 is 2.26 bits per heavy atom.